The third-order valence-electron chi connectivity index (χ3n) is 4.73. The highest BCUT2D eigenvalue weighted by molar-refractivity contribution is 5.69. The van der Waals surface area contributed by atoms with Crippen LogP contribution in [0.3, 0.4) is 0 Å². The SMILES string of the molecule is CC(C)(C)OC(=O)N1CCC[C@H](C=O)C1.CC(C)(C)OC(=O)N1CCC[C@H](CO)C1. The van der Waals surface area contributed by atoms with E-state index < -0.39 is 11.2 Å². The van der Waals surface area contributed by atoms with Crippen molar-refractivity contribution in [1.29, 1.82) is 0 Å². The van der Waals surface area contributed by atoms with Gasteiger partial charge in [0.25, 0.3) is 0 Å². The fourth-order valence-corrected chi connectivity index (χ4v) is 3.32. The molecule has 2 aliphatic rings. The topological polar surface area (TPSA) is 96.4 Å². The summed E-state index contributed by atoms with van der Waals surface area (Å²) in [4.78, 5) is 37.3. The predicted molar refractivity (Wildman–Crippen MR) is 114 cm³/mol. The van der Waals surface area contributed by atoms with Gasteiger partial charge in [0.2, 0.25) is 0 Å². The maximum absolute atomic E-state index is 11.7. The molecular weight excluding hydrogens is 388 g/mol. The second-order valence-corrected chi connectivity index (χ2v) is 10.1. The molecule has 0 aromatic heterocycles. The van der Waals surface area contributed by atoms with Crippen molar-refractivity contribution in [3.63, 3.8) is 0 Å². The minimum absolute atomic E-state index is 0.0220. The Morgan fingerprint density at radius 2 is 1.37 bits per heavy atom. The number of likely N-dealkylation sites (tertiary alicyclic amines) is 2. The lowest BCUT2D eigenvalue weighted by Crippen LogP contribution is -2.43. The van der Waals surface area contributed by atoms with E-state index in [-0.39, 0.29) is 30.6 Å². The Hall–Kier alpha value is -1.83. The van der Waals surface area contributed by atoms with Gasteiger partial charge in [-0.2, -0.15) is 0 Å². The number of rotatable bonds is 2. The van der Waals surface area contributed by atoms with E-state index >= 15 is 0 Å². The van der Waals surface area contributed by atoms with Gasteiger partial charge in [0.05, 0.1) is 0 Å². The molecule has 2 atom stereocenters. The summed E-state index contributed by atoms with van der Waals surface area (Å²) in [6.45, 7) is 13.8. The van der Waals surface area contributed by atoms with Crippen molar-refractivity contribution in [3.8, 4) is 0 Å². The summed E-state index contributed by atoms with van der Waals surface area (Å²) >= 11 is 0. The standard InChI is InChI=1S/C11H21NO3.C11H19NO3/c2*1-11(2,3)15-10(14)12-6-4-5-9(7-12)8-13/h9,13H,4-8H2,1-3H3;8-9H,4-7H2,1-3H3/t2*9-/m00/s1. The first-order valence-corrected chi connectivity index (χ1v) is 10.9. The number of aliphatic hydroxyl groups is 1. The third-order valence-corrected chi connectivity index (χ3v) is 4.73. The molecule has 8 nitrogen and oxygen atoms in total. The van der Waals surface area contributed by atoms with E-state index in [2.05, 4.69) is 0 Å². The molecule has 0 radical (unpaired) electrons. The van der Waals surface area contributed by atoms with E-state index in [1.165, 1.54) is 0 Å². The number of aldehydes is 1. The smallest absolute Gasteiger partial charge is 0.410 e. The normalized spacial score (nSPS) is 22.5. The molecule has 2 saturated heterocycles. The van der Waals surface area contributed by atoms with Crippen molar-refractivity contribution in [1.82, 2.24) is 9.80 Å². The van der Waals surface area contributed by atoms with Crippen LogP contribution in [-0.4, -0.2) is 77.4 Å². The van der Waals surface area contributed by atoms with E-state index in [1.807, 2.05) is 41.5 Å². The molecule has 1 N–H and O–H groups in total. The molecular formula is C22H40N2O6. The first-order chi connectivity index (χ1) is 13.8. The van der Waals surface area contributed by atoms with Crippen LogP contribution in [0.4, 0.5) is 9.59 Å². The largest absolute Gasteiger partial charge is 0.444 e. The molecule has 2 aliphatic heterocycles. The van der Waals surface area contributed by atoms with Crippen LogP contribution in [0.5, 0.6) is 0 Å². The Morgan fingerprint density at radius 3 is 1.80 bits per heavy atom. The molecule has 0 unspecified atom stereocenters. The summed E-state index contributed by atoms with van der Waals surface area (Å²) in [5, 5.41) is 9.04. The number of carbonyl (C=O) groups excluding carboxylic acids is 3. The third kappa shape index (κ3) is 10.3. The fraction of sp³-hybridized carbons (Fsp3) is 0.864. The van der Waals surface area contributed by atoms with Gasteiger partial charge in [-0.25, -0.2) is 9.59 Å². The highest BCUT2D eigenvalue weighted by Crippen LogP contribution is 2.19. The van der Waals surface area contributed by atoms with Crippen LogP contribution in [0, 0.1) is 11.8 Å². The fourth-order valence-electron chi connectivity index (χ4n) is 3.32. The van der Waals surface area contributed by atoms with Crippen molar-refractivity contribution in [2.24, 2.45) is 11.8 Å². The van der Waals surface area contributed by atoms with E-state index in [9.17, 15) is 14.4 Å². The van der Waals surface area contributed by atoms with Crippen molar-refractivity contribution >= 4 is 18.5 Å². The van der Waals surface area contributed by atoms with Crippen LogP contribution >= 0.6 is 0 Å². The van der Waals surface area contributed by atoms with Crippen LogP contribution in [0.15, 0.2) is 0 Å². The summed E-state index contributed by atoms with van der Waals surface area (Å²) in [7, 11) is 0. The number of ether oxygens (including phenoxy) is 2. The molecule has 0 aliphatic carbocycles. The van der Waals surface area contributed by atoms with Crippen molar-refractivity contribution in [2.45, 2.75) is 78.4 Å². The van der Waals surface area contributed by atoms with Crippen LogP contribution in [-0.2, 0) is 14.3 Å². The summed E-state index contributed by atoms with van der Waals surface area (Å²) in [6, 6.07) is 0. The average molecular weight is 429 g/mol. The molecule has 0 aromatic carbocycles. The quantitative estimate of drug-likeness (QED) is 0.677. The summed E-state index contributed by atoms with van der Waals surface area (Å²) in [5.74, 6) is 0.192. The minimum Gasteiger partial charge on any atom is -0.444 e. The first-order valence-electron chi connectivity index (χ1n) is 10.9. The van der Waals surface area contributed by atoms with Gasteiger partial charge in [-0.05, 0) is 73.1 Å². The van der Waals surface area contributed by atoms with Gasteiger partial charge in [-0.15, -0.1) is 0 Å². The zero-order chi connectivity index (χ0) is 22.9. The number of aliphatic hydroxyl groups excluding tert-OH is 1. The number of nitrogens with zero attached hydrogens (tertiary/aromatic N) is 2. The summed E-state index contributed by atoms with van der Waals surface area (Å²) < 4.78 is 10.5. The lowest BCUT2D eigenvalue weighted by atomic mass is 9.99. The molecule has 30 heavy (non-hydrogen) atoms. The van der Waals surface area contributed by atoms with Gasteiger partial charge < -0.3 is 29.2 Å². The van der Waals surface area contributed by atoms with Crippen LogP contribution in [0.25, 0.3) is 0 Å². The molecule has 174 valence electrons. The molecule has 2 amide bonds. The van der Waals surface area contributed by atoms with Crippen LogP contribution in [0.1, 0.15) is 67.2 Å². The molecule has 0 spiro atoms. The number of amides is 2. The highest BCUT2D eigenvalue weighted by atomic mass is 16.6. The first kappa shape index (κ1) is 26.2. The molecule has 2 rings (SSSR count). The van der Waals surface area contributed by atoms with E-state index in [0.717, 1.165) is 38.5 Å². The lowest BCUT2D eigenvalue weighted by Gasteiger charge is -2.33. The Labute approximate surface area is 180 Å². The molecule has 8 heteroatoms. The monoisotopic (exact) mass is 428 g/mol. The zero-order valence-electron chi connectivity index (χ0n) is 19.5. The van der Waals surface area contributed by atoms with Gasteiger partial charge in [0.1, 0.15) is 17.5 Å². The average Bonchev–Trinajstić information content (AvgIpc) is 2.66. The van der Waals surface area contributed by atoms with Crippen LogP contribution in [0.2, 0.25) is 0 Å². The maximum Gasteiger partial charge on any atom is 0.410 e. The van der Waals surface area contributed by atoms with Gasteiger partial charge in [0.15, 0.2) is 0 Å². The zero-order valence-corrected chi connectivity index (χ0v) is 19.5. The Bertz CT molecular complexity index is 567. The highest BCUT2D eigenvalue weighted by Gasteiger charge is 2.28. The minimum atomic E-state index is -0.467. The maximum atomic E-state index is 11.7. The molecule has 2 fully saturated rings. The van der Waals surface area contributed by atoms with Crippen molar-refractivity contribution in [2.75, 3.05) is 32.8 Å². The second kappa shape index (κ2) is 11.5. The van der Waals surface area contributed by atoms with Gasteiger partial charge in [0, 0.05) is 38.7 Å². The predicted octanol–water partition coefficient (Wildman–Crippen LogP) is 3.46. The number of carbonyl (C=O) groups is 3. The van der Waals surface area contributed by atoms with Crippen molar-refractivity contribution in [3.05, 3.63) is 0 Å². The number of hydrogen-bond acceptors (Lipinski definition) is 6. The molecule has 0 aromatic rings. The Morgan fingerprint density at radius 1 is 0.900 bits per heavy atom. The number of piperidine rings is 2. The molecule has 0 saturated carbocycles. The molecule has 2 heterocycles. The van der Waals surface area contributed by atoms with Gasteiger partial charge in [-0.3, -0.25) is 0 Å². The second-order valence-electron chi connectivity index (χ2n) is 10.1. The Kier molecular flexibility index (Phi) is 10.1. The van der Waals surface area contributed by atoms with Crippen LogP contribution < -0.4 is 0 Å². The van der Waals surface area contributed by atoms with Gasteiger partial charge >= 0.3 is 12.2 Å². The lowest BCUT2D eigenvalue weighted by molar-refractivity contribution is -0.112. The summed E-state index contributed by atoms with van der Waals surface area (Å²) in [6.07, 6.45) is 4.05. The number of hydrogen-bond donors (Lipinski definition) is 1. The Balaban J connectivity index is 0.000000300. The summed E-state index contributed by atoms with van der Waals surface area (Å²) in [5.41, 5.74) is -0.908. The van der Waals surface area contributed by atoms with Crippen molar-refractivity contribution < 1.29 is 29.0 Å². The van der Waals surface area contributed by atoms with E-state index in [1.54, 1.807) is 9.80 Å². The molecule has 0 bridgehead atoms. The van der Waals surface area contributed by atoms with E-state index in [4.69, 9.17) is 14.6 Å². The van der Waals surface area contributed by atoms with E-state index in [0.29, 0.717) is 19.6 Å². The van der Waals surface area contributed by atoms with Gasteiger partial charge in [-0.1, -0.05) is 0 Å².